The maximum Gasteiger partial charge on any atom is 0.488 e. The molecule has 14 heteroatoms. The summed E-state index contributed by atoms with van der Waals surface area (Å²) in [6.45, 7) is 0. The molecule has 0 aliphatic rings. The van der Waals surface area contributed by atoms with Gasteiger partial charge in [0.1, 0.15) is 0 Å². The maximum atomic E-state index is 12.5. The molecule has 0 aliphatic carbocycles. The van der Waals surface area contributed by atoms with E-state index in [2.05, 4.69) is 25.4 Å². The molecule has 244 valence electrons. The first-order chi connectivity index (χ1) is 21.6. The predicted molar refractivity (Wildman–Crippen MR) is 164 cm³/mol. The van der Waals surface area contributed by atoms with Crippen LogP contribution in [-0.2, 0) is 33.6 Å². The van der Waals surface area contributed by atoms with E-state index in [1.807, 2.05) is 12.1 Å². The van der Waals surface area contributed by atoms with Crippen molar-refractivity contribution in [1.82, 2.24) is 0 Å². The molecule has 0 aliphatic heterocycles. The van der Waals surface area contributed by atoms with Crippen LogP contribution in [0.15, 0.2) is 97.1 Å². The third-order valence-corrected chi connectivity index (χ3v) is 6.78. The van der Waals surface area contributed by atoms with Gasteiger partial charge in [0.25, 0.3) is 0 Å². The van der Waals surface area contributed by atoms with Crippen LogP contribution in [0, 0.1) is 0 Å². The van der Waals surface area contributed by atoms with Crippen molar-refractivity contribution in [2.24, 2.45) is 0 Å². The molecule has 0 saturated carbocycles. The van der Waals surface area contributed by atoms with Gasteiger partial charge in [-0.1, -0.05) is 76.6 Å². The smallest absolute Gasteiger partial charge is 0.465 e. The van der Waals surface area contributed by atoms with Gasteiger partial charge in [-0.15, -0.1) is 0 Å². The van der Waals surface area contributed by atoms with Crippen LogP contribution in [0.4, 0.5) is 26.3 Å². The van der Waals surface area contributed by atoms with Crippen LogP contribution in [0.3, 0.4) is 0 Å². The van der Waals surface area contributed by atoms with Crippen LogP contribution in [0.25, 0.3) is 0 Å². The normalized spacial score (nSPS) is 10.8. The second-order valence-corrected chi connectivity index (χ2v) is 9.94. The minimum Gasteiger partial charge on any atom is -0.465 e. The number of hydrogen-bond donors (Lipinski definition) is 2. The minimum atomic E-state index is -4.39. The molecular weight excluding hydrogens is 685 g/mol. The third-order valence-electron chi connectivity index (χ3n) is 6.13. The zero-order chi connectivity index (χ0) is 34.5. The van der Waals surface area contributed by atoms with Gasteiger partial charge in [-0.25, -0.2) is 9.59 Å². The number of hydrogen-bond acceptors (Lipinski definition) is 6. The highest BCUT2D eigenvalue weighted by Gasteiger charge is 2.31. The van der Waals surface area contributed by atoms with Crippen LogP contribution < -0.4 is 5.46 Å². The van der Waals surface area contributed by atoms with E-state index in [0.717, 1.165) is 58.4 Å². The van der Waals surface area contributed by atoms with Gasteiger partial charge < -0.3 is 19.5 Å². The zero-order valence-corrected chi connectivity index (χ0v) is 26.0. The van der Waals surface area contributed by atoms with Gasteiger partial charge in [-0.05, 0) is 65.0 Å². The van der Waals surface area contributed by atoms with Gasteiger partial charge in [0.15, 0.2) is 0 Å². The molecule has 6 nitrogen and oxygen atoms in total. The molecule has 46 heavy (non-hydrogen) atoms. The molecule has 0 unspecified atom stereocenters. The first-order valence-electron chi connectivity index (χ1n) is 13.2. The van der Waals surface area contributed by atoms with Crippen molar-refractivity contribution in [3.63, 3.8) is 0 Å². The molecule has 0 atom stereocenters. The Kier molecular flexibility index (Phi) is 14.5. The minimum absolute atomic E-state index is 0.0352. The molecule has 0 amide bonds. The third kappa shape index (κ3) is 12.3. The summed E-state index contributed by atoms with van der Waals surface area (Å²) in [7, 11) is 0.946. The molecule has 0 saturated heterocycles. The zero-order valence-electron chi connectivity index (χ0n) is 24.4. The maximum absolute atomic E-state index is 12.5. The number of ether oxygens (including phenoxy) is 2. The first-order valence-corrected chi connectivity index (χ1v) is 14.3. The fraction of sp³-hybridized carbons (Fsp3) is 0.188. The SMILES string of the molecule is COC(=O)c1ccc(CBr)cc1.COC(=O)c1ccc(Cc2ccc(C(F)(F)F)cc2)cc1.OB(O)c1ccc(C(F)(F)F)cc1. The first kappa shape index (κ1) is 38.0. The molecule has 0 bridgehead atoms. The lowest BCUT2D eigenvalue weighted by molar-refractivity contribution is -0.138. The van der Waals surface area contributed by atoms with Crippen molar-refractivity contribution >= 4 is 40.4 Å². The van der Waals surface area contributed by atoms with E-state index in [9.17, 15) is 35.9 Å². The topological polar surface area (TPSA) is 93.1 Å². The van der Waals surface area contributed by atoms with Gasteiger partial charge in [-0.3, -0.25) is 0 Å². The highest BCUT2D eigenvalue weighted by Crippen LogP contribution is 2.30. The van der Waals surface area contributed by atoms with Gasteiger partial charge >= 0.3 is 31.4 Å². The van der Waals surface area contributed by atoms with Crippen LogP contribution in [0.5, 0.6) is 0 Å². The lowest BCUT2D eigenvalue weighted by atomic mass is 9.80. The molecule has 0 aromatic heterocycles. The van der Waals surface area contributed by atoms with Gasteiger partial charge in [0, 0.05) is 5.33 Å². The number of halogens is 7. The number of carbonyl (C=O) groups excluding carboxylic acids is 2. The molecule has 4 aromatic carbocycles. The number of methoxy groups -OCH3 is 2. The molecule has 0 heterocycles. The average Bonchev–Trinajstić information content (AvgIpc) is 3.04. The Hall–Kier alpha value is -4.14. The van der Waals surface area contributed by atoms with E-state index in [1.54, 1.807) is 36.4 Å². The van der Waals surface area contributed by atoms with Crippen molar-refractivity contribution < 1.29 is 55.5 Å². The molecule has 4 rings (SSSR count). The van der Waals surface area contributed by atoms with Crippen LogP contribution in [0.1, 0.15) is 48.5 Å². The summed E-state index contributed by atoms with van der Waals surface area (Å²) in [6.07, 6.45) is -8.21. The summed E-state index contributed by atoms with van der Waals surface area (Å²) >= 11 is 3.32. The second-order valence-electron chi connectivity index (χ2n) is 9.38. The van der Waals surface area contributed by atoms with Gasteiger partial charge in [-0.2, -0.15) is 26.3 Å². The van der Waals surface area contributed by atoms with E-state index in [-0.39, 0.29) is 11.4 Å². The summed E-state index contributed by atoms with van der Waals surface area (Å²) in [6, 6.07) is 22.7. The predicted octanol–water partition coefficient (Wildman–Crippen LogP) is 6.84. The number of rotatable bonds is 6. The summed E-state index contributed by atoms with van der Waals surface area (Å²) in [5, 5.41) is 18.0. The highest BCUT2D eigenvalue weighted by atomic mass is 79.9. The van der Waals surface area contributed by atoms with Gasteiger partial charge in [0.05, 0.1) is 36.5 Å². The Bertz CT molecular complexity index is 1520. The van der Waals surface area contributed by atoms with Crippen molar-refractivity contribution in [2.45, 2.75) is 24.1 Å². The fourth-order valence-electron chi connectivity index (χ4n) is 3.62. The van der Waals surface area contributed by atoms with E-state index in [0.29, 0.717) is 17.5 Å². The molecule has 4 aromatic rings. The van der Waals surface area contributed by atoms with E-state index >= 15 is 0 Å². The summed E-state index contributed by atoms with van der Waals surface area (Å²) in [5.41, 5.74) is 2.41. The summed E-state index contributed by atoms with van der Waals surface area (Å²) in [5.74, 6) is -0.716. The summed E-state index contributed by atoms with van der Waals surface area (Å²) in [4.78, 5) is 22.3. The lowest BCUT2D eigenvalue weighted by Gasteiger charge is -2.08. The number of alkyl halides is 7. The largest absolute Gasteiger partial charge is 0.488 e. The lowest BCUT2D eigenvalue weighted by Crippen LogP contribution is -2.29. The molecule has 2 N–H and O–H groups in total. The van der Waals surface area contributed by atoms with E-state index in [4.69, 9.17) is 10.0 Å². The van der Waals surface area contributed by atoms with Gasteiger partial charge in [0.2, 0.25) is 0 Å². The van der Waals surface area contributed by atoms with Crippen molar-refractivity contribution in [1.29, 1.82) is 0 Å². The standard InChI is InChI=1S/C16H13F3O2.C9H9BrO2.C7H6BF3O2/c1-21-15(20)13-6-2-11(3-7-13)10-12-4-8-14(9-5-12)16(17,18)19;1-12-9(11)8-4-2-7(6-10)3-5-8;9-7(10,11)5-1-3-6(4-2-5)8(12)13/h2-9H,10H2,1H3;2-5H,6H2,1H3;1-4,12-13H. The Morgan fingerprint density at radius 2 is 0.935 bits per heavy atom. The fourth-order valence-corrected chi connectivity index (χ4v) is 3.99. The Morgan fingerprint density at radius 1 is 0.609 bits per heavy atom. The van der Waals surface area contributed by atoms with E-state index < -0.39 is 36.6 Å². The Labute approximate surface area is 269 Å². The number of esters is 2. The second kappa shape index (κ2) is 17.5. The molecule has 0 spiro atoms. The van der Waals surface area contributed by atoms with E-state index in [1.165, 1.54) is 26.4 Å². The van der Waals surface area contributed by atoms with Crippen molar-refractivity contribution in [3.8, 4) is 0 Å². The van der Waals surface area contributed by atoms with Crippen LogP contribution in [0.2, 0.25) is 0 Å². The quantitative estimate of drug-likeness (QED) is 0.0986. The average molecular weight is 713 g/mol. The number of benzene rings is 4. The number of carbonyl (C=O) groups is 2. The Balaban J connectivity index is 0.000000255. The van der Waals surface area contributed by atoms with Crippen molar-refractivity contribution in [2.75, 3.05) is 14.2 Å². The summed E-state index contributed by atoms with van der Waals surface area (Å²) < 4.78 is 82.5. The Morgan fingerprint density at radius 3 is 1.24 bits per heavy atom. The van der Waals surface area contributed by atoms with Crippen LogP contribution >= 0.6 is 15.9 Å². The van der Waals surface area contributed by atoms with Crippen molar-refractivity contribution in [3.05, 3.63) is 136 Å². The monoisotopic (exact) mass is 712 g/mol. The molecule has 0 fully saturated rings. The highest BCUT2D eigenvalue weighted by molar-refractivity contribution is 9.08. The van der Waals surface area contributed by atoms with Crippen LogP contribution in [-0.4, -0.2) is 43.3 Å². The molecule has 0 radical (unpaired) electrons. The molecular formula is C32H28BBrF6O6.